The Hall–Kier alpha value is -2.22. The minimum absolute atomic E-state index is 0.0545. The lowest BCUT2D eigenvalue weighted by Crippen LogP contribution is -2.36. The molecule has 3 amide bonds. The van der Waals surface area contributed by atoms with Gasteiger partial charge in [-0.25, -0.2) is 9.18 Å². The van der Waals surface area contributed by atoms with Crippen LogP contribution >= 0.6 is 11.8 Å². The van der Waals surface area contributed by atoms with Gasteiger partial charge in [-0.2, -0.15) is 11.8 Å². The number of hydrogen-bond donors (Lipinski definition) is 4. The van der Waals surface area contributed by atoms with Gasteiger partial charge in [-0.15, -0.1) is 0 Å². The first-order valence-electron chi connectivity index (χ1n) is 9.81. The number of amides is 3. The maximum absolute atomic E-state index is 13.4. The van der Waals surface area contributed by atoms with Crippen molar-refractivity contribution in [1.29, 1.82) is 0 Å². The molecule has 2 aliphatic rings. The minimum atomic E-state index is -0.253. The van der Waals surface area contributed by atoms with E-state index in [1.54, 1.807) is 6.07 Å². The van der Waals surface area contributed by atoms with Crippen LogP contribution in [-0.4, -0.2) is 46.6 Å². The molecular formula is C20H25FN4O2S. The van der Waals surface area contributed by atoms with E-state index in [1.807, 2.05) is 18.0 Å². The summed E-state index contributed by atoms with van der Waals surface area (Å²) in [6, 6.07) is 5.11. The van der Waals surface area contributed by atoms with Crippen molar-refractivity contribution >= 4 is 34.6 Å². The molecule has 4 N–H and O–H groups in total. The van der Waals surface area contributed by atoms with Crippen LogP contribution in [0.2, 0.25) is 0 Å². The number of carbonyl (C=O) groups is 2. The monoisotopic (exact) mass is 404 g/mol. The summed E-state index contributed by atoms with van der Waals surface area (Å²) in [5.41, 5.74) is 1.92. The molecule has 0 bridgehead atoms. The Morgan fingerprint density at radius 3 is 3.07 bits per heavy atom. The summed E-state index contributed by atoms with van der Waals surface area (Å²) in [5, 5.41) is 10.2. The molecule has 8 heteroatoms. The molecule has 1 aromatic carbocycles. The third kappa shape index (κ3) is 4.27. The Morgan fingerprint density at radius 1 is 1.29 bits per heavy atom. The molecule has 2 aromatic rings. The van der Waals surface area contributed by atoms with Crippen LogP contribution < -0.4 is 16.0 Å². The van der Waals surface area contributed by atoms with Crippen molar-refractivity contribution in [2.75, 3.05) is 12.3 Å². The zero-order valence-electron chi connectivity index (χ0n) is 15.6. The summed E-state index contributed by atoms with van der Waals surface area (Å²) in [7, 11) is 0. The molecule has 3 heterocycles. The summed E-state index contributed by atoms with van der Waals surface area (Å²) in [5.74, 6) is 0.766. The lowest BCUT2D eigenvalue weighted by Gasteiger charge is -2.16. The maximum atomic E-state index is 13.4. The minimum Gasteiger partial charge on any atom is -0.361 e. The van der Waals surface area contributed by atoms with E-state index in [1.165, 1.54) is 12.1 Å². The number of H-pyrrole nitrogens is 1. The van der Waals surface area contributed by atoms with Gasteiger partial charge in [0.25, 0.3) is 0 Å². The van der Waals surface area contributed by atoms with E-state index in [4.69, 9.17) is 0 Å². The fraction of sp³-hybridized carbons (Fsp3) is 0.500. The first kappa shape index (κ1) is 19.1. The van der Waals surface area contributed by atoms with Gasteiger partial charge < -0.3 is 20.9 Å². The van der Waals surface area contributed by atoms with Crippen LogP contribution in [0.5, 0.6) is 0 Å². The van der Waals surface area contributed by atoms with E-state index in [0.717, 1.165) is 41.5 Å². The normalized spacial score (nSPS) is 23.5. The van der Waals surface area contributed by atoms with Gasteiger partial charge in [0.2, 0.25) is 5.91 Å². The van der Waals surface area contributed by atoms with Crippen LogP contribution in [-0.2, 0) is 11.2 Å². The van der Waals surface area contributed by atoms with E-state index >= 15 is 0 Å². The fourth-order valence-corrected chi connectivity index (χ4v) is 5.60. The van der Waals surface area contributed by atoms with Crippen LogP contribution in [0.3, 0.4) is 0 Å². The first-order chi connectivity index (χ1) is 13.6. The highest BCUT2D eigenvalue weighted by atomic mass is 32.2. The second kappa shape index (κ2) is 8.43. The average molecular weight is 405 g/mol. The molecule has 1 unspecified atom stereocenters. The Kier molecular flexibility index (Phi) is 5.75. The number of carbonyl (C=O) groups excluding carboxylic acids is 2. The van der Waals surface area contributed by atoms with Gasteiger partial charge in [-0.1, -0.05) is 6.42 Å². The lowest BCUT2D eigenvalue weighted by molar-refractivity contribution is -0.121. The predicted molar refractivity (Wildman–Crippen MR) is 109 cm³/mol. The van der Waals surface area contributed by atoms with Crippen molar-refractivity contribution in [3.63, 3.8) is 0 Å². The summed E-state index contributed by atoms with van der Waals surface area (Å²) in [6.07, 6.45) is 5.90. The number of urea groups is 1. The summed E-state index contributed by atoms with van der Waals surface area (Å²) >= 11 is 1.90. The lowest BCUT2D eigenvalue weighted by atomic mass is 10.0. The molecule has 2 fully saturated rings. The van der Waals surface area contributed by atoms with Crippen LogP contribution in [0.1, 0.15) is 31.2 Å². The quantitative estimate of drug-likeness (QED) is 0.403. The Labute approximate surface area is 167 Å². The largest absolute Gasteiger partial charge is 0.361 e. The van der Waals surface area contributed by atoms with Crippen molar-refractivity contribution < 1.29 is 14.0 Å². The molecule has 0 aliphatic carbocycles. The van der Waals surface area contributed by atoms with Crippen molar-refractivity contribution in [3.8, 4) is 0 Å². The van der Waals surface area contributed by atoms with Crippen LogP contribution in [0.15, 0.2) is 24.4 Å². The Balaban J connectivity index is 1.13. The van der Waals surface area contributed by atoms with Crippen LogP contribution in [0.25, 0.3) is 10.9 Å². The van der Waals surface area contributed by atoms with E-state index < -0.39 is 0 Å². The van der Waals surface area contributed by atoms with Crippen molar-refractivity contribution in [3.05, 3.63) is 35.8 Å². The second-order valence-corrected chi connectivity index (χ2v) is 8.74. The molecular weight excluding hydrogens is 379 g/mol. The SMILES string of the molecule is O=C(CCCC[C@@H]1SC[C@@H]2NC(=O)NC21)NCCc1c[nH]c2ccc(F)cc12. The number of hydrogen-bond acceptors (Lipinski definition) is 3. The van der Waals surface area contributed by atoms with Crippen molar-refractivity contribution in [2.24, 2.45) is 0 Å². The molecule has 0 radical (unpaired) electrons. The van der Waals surface area contributed by atoms with E-state index in [9.17, 15) is 14.0 Å². The van der Waals surface area contributed by atoms with Crippen molar-refractivity contribution in [1.82, 2.24) is 20.9 Å². The van der Waals surface area contributed by atoms with Crippen LogP contribution in [0, 0.1) is 5.82 Å². The fourth-order valence-electron chi connectivity index (χ4n) is 4.06. The molecule has 28 heavy (non-hydrogen) atoms. The van der Waals surface area contributed by atoms with Gasteiger partial charge in [0.05, 0.1) is 12.1 Å². The Morgan fingerprint density at radius 2 is 2.18 bits per heavy atom. The smallest absolute Gasteiger partial charge is 0.315 e. The number of rotatable bonds is 8. The van der Waals surface area contributed by atoms with Gasteiger partial charge in [-0.3, -0.25) is 4.79 Å². The number of aromatic nitrogens is 1. The molecule has 1 aromatic heterocycles. The number of benzene rings is 1. The number of halogens is 1. The molecule has 4 rings (SSSR count). The van der Waals surface area contributed by atoms with Gasteiger partial charge in [0.1, 0.15) is 5.82 Å². The van der Waals surface area contributed by atoms with E-state index in [-0.39, 0.29) is 29.8 Å². The van der Waals surface area contributed by atoms with E-state index in [2.05, 4.69) is 20.9 Å². The molecule has 3 atom stereocenters. The highest BCUT2D eigenvalue weighted by molar-refractivity contribution is 8.00. The van der Waals surface area contributed by atoms with Crippen LogP contribution in [0.4, 0.5) is 9.18 Å². The number of fused-ring (bicyclic) bond motifs is 2. The summed E-state index contributed by atoms with van der Waals surface area (Å²) in [4.78, 5) is 26.6. The summed E-state index contributed by atoms with van der Waals surface area (Å²) in [6.45, 7) is 0.544. The van der Waals surface area contributed by atoms with Gasteiger partial charge in [-0.05, 0) is 43.0 Å². The highest BCUT2D eigenvalue weighted by Crippen LogP contribution is 2.33. The predicted octanol–water partition coefficient (Wildman–Crippen LogP) is 2.69. The second-order valence-electron chi connectivity index (χ2n) is 7.47. The molecule has 2 aliphatic heterocycles. The Bertz CT molecular complexity index is 871. The first-order valence-corrected chi connectivity index (χ1v) is 10.9. The van der Waals surface area contributed by atoms with Crippen molar-refractivity contribution in [2.45, 2.75) is 49.4 Å². The van der Waals surface area contributed by atoms with Gasteiger partial charge >= 0.3 is 6.03 Å². The standard InChI is InChI=1S/C20H25FN4O2S/c21-13-5-6-15-14(9-13)12(10-23-15)7-8-22-18(26)4-2-1-3-17-19-16(11-28-17)24-20(27)25-19/h5-6,9-10,16-17,19,23H,1-4,7-8,11H2,(H,22,26)(H2,24,25,27)/t16-,17-,19?/m0/s1. The number of unbranched alkanes of at least 4 members (excludes halogenated alkanes) is 1. The zero-order chi connectivity index (χ0) is 19.5. The third-order valence-corrected chi connectivity index (χ3v) is 7.04. The average Bonchev–Trinajstić information content (AvgIpc) is 3.34. The topological polar surface area (TPSA) is 86.0 Å². The summed E-state index contributed by atoms with van der Waals surface area (Å²) < 4.78 is 13.4. The molecule has 150 valence electrons. The number of thioether (sulfide) groups is 1. The number of aromatic amines is 1. The highest BCUT2D eigenvalue weighted by Gasteiger charge is 2.42. The maximum Gasteiger partial charge on any atom is 0.315 e. The van der Waals surface area contributed by atoms with Gasteiger partial charge in [0.15, 0.2) is 0 Å². The third-order valence-electron chi connectivity index (χ3n) is 5.53. The molecule has 6 nitrogen and oxygen atoms in total. The molecule has 0 spiro atoms. The van der Waals surface area contributed by atoms with E-state index in [0.29, 0.717) is 24.6 Å². The molecule has 0 saturated carbocycles. The molecule has 2 saturated heterocycles. The number of nitrogens with one attached hydrogen (secondary N) is 4. The zero-order valence-corrected chi connectivity index (χ0v) is 16.4. The van der Waals surface area contributed by atoms with Gasteiger partial charge in [0, 0.05) is 41.1 Å².